The van der Waals surface area contributed by atoms with Crippen LogP contribution in [0.15, 0.2) is 53.6 Å². The Morgan fingerprint density at radius 1 is 1.15 bits per heavy atom. The number of methoxy groups -OCH3 is 1. The molecule has 208 valence electrons. The van der Waals surface area contributed by atoms with Gasteiger partial charge in [-0.1, -0.05) is 6.07 Å². The van der Waals surface area contributed by atoms with E-state index in [2.05, 4.69) is 20.6 Å². The number of likely N-dealkylation sites (tertiary alicyclic amines) is 1. The average molecular weight is 548 g/mol. The van der Waals surface area contributed by atoms with E-state index >= 15 is 0 Å². The molecule has 0 unspecified atom stereocenters. The minimum Gasteiger partial charge on any atom is -0.496 e. The molecule has 2 aromatic carbocycles. The Kier molecular flexibility index (Phi) is 7.67. The van der Waals surface area contributed by atoms with Crippen LogP contribution < -0.4 is 30.4 Å². The fourth-order valence-corrected chi connectivity index (χ4v) is 4.67. The molecule has 1 fully saturated rings. The van der Waals surface area contributed by atoms with Crippen molar-refractivity contribution in [1.82, 2.24) is 25.5 Å². The van der Waals surface area contributed by atoms with Gasteiger partial charge in [-0.2, -0.15) is 0 Å². The third-order valence-electron chi connectivity index (χ3n) is 6.88. The van der Waals surface area contributed by atoms with E-state index < -0.39 is 17.7 Å². The lowest BCUT2D eigenvalue weighted by molar-refractivity contribution is -0.123. The molecule has 3 aromatic rings. The van der Waals surface area contributed by atoms with Crippen molar-refractivity contribution in [2.75, 3.05) is 26.8 Å². The summed E-state index contributed by atoms with van der Waals surface area (Å²) >= 11 is 0. The number of nitrogens with zero attached hydrogens (tertiary/aromatic N) is 2. The summed E-state index contributed by atoms with van der Waals surface area (Å²) in [6, 6.07) is 9.71. The minimum absolute atomic E-state index is 0.0957. The van der Waals surface area contributed by atoms with Crippen molar-refractivity contribution < 1.29 is 28.6 Å². The molecular weight excluding hydrogens is 518 g/mol. The van der Waals surface area contributed by atoms with E-state index in [0.29, 0.717) is 35.8 Å². The van der Waals surface area contributed by atoms with Crippen molar-refractivity contribution in [3.63, 3.8) is 0 Å². The van der Waals surface area contributed by atoms with Crippen molar-refractivity contribution in [1.29, 1.82) is 0 Å². The summed E-state index contributed by atoms with van der Waals surface area (Å²) in [7, 11) is 1.53. The molecule has 3 aliphatic rings. The van der Waals surface area contributed by atoms with Crippen molar-refractivity contribution in [2.45, 2.75) is 32.0 Å². The molecule has 40 heavy (non-hydrogen) atoms. The van der Waals surface area contributed by atoms with Gasteiger partial charge in [0.25, 0.3) is 23.3 Å². The molecule has 0 aliphatic carbocycles. The second-order valence-electron chi connectivity index (χ2n) is 9.59. The molecule has 0 spiro atoms. The number of piperidine rings is 1. The van der Waals surface area contributed by atoms with Gasteiger partial charge in [0, 0.05) is 49.4 Å². The number of carbonyl (C=O) groups is 3. The van der Waals surface area contributed by atoms with Gasteiger partial charge in [0.1, 0.15) is 29.0 Å². The normalized spacial score (nSPS) is 19.3. The van der Waals surface area contributed by atoms with Crippen molar-refractivity contribution in [2.24, 2.45) is 0 Å². The van der Waals surface area contributed by atoms with Gasteiger partial charge in [0.05, 0.1) is 19.3 Å². The molecule has 6 rings (SSSR count). The van der Waals surface area contributed by atoms with Crippen LogP contribution in [0.5, 0.6) is 17.2 Å². The smallest absolute Gasteiger partial charge is 0.274 e. The van der Waals surface area contributed by atoms with E-state index in [1.54, 1.807) is 41.3 Å². The maximum absolute atomic E-state index is 13.4. The number of fused-ring (bicyclic) bond motifs is 7. The van der Waals surface area contributed by atoms with Crippen LogP contribution in [-0.2, 0) is 11.3 Å². The molecule has 3 N–H and O–H groups in total. The van der Waals surface area contributed by atoms with Crippen molar-refractivity contribution >= 4 is 17.7 Å². The zero-order valence-electron chi connectivity index (χ0n) is 22.1. The van der Waals surface area contributed by atoms with Gasteiger partial charge in [-0.25, -0.2) is 4.98 Å². The number of aryl methyl sites for hydroxylation is 1. The van der Waals surface area contributed by atoms with Gasteiger partial charge in [-0.05, 0) is 36.8 Å². The van der Waals surface area contributed by atoms with E-state index in [9.17, 15) is 19.2 Å². The van der Waals surface area contributed by atoms with Crippen LogP contribution in [0.1, 0.15) is 38.4 Å². The predicted molar refractivity (Wildman–Crippen MR) is 143 cm³/mol. The summed E-state index contributed by atoms with van der Waals surface area (Å²) in [6.45, 7) is 2.32. The Hall–Kier alpha value is -4.87. The number of aromatic amines is 1. The third-order valence-corrected chi connectivity index (χ3v) is 6.88. The Bertz CT molecular complexity index is 1480. The number of benzene rings is 2. The van der Waals surface area contributed by atoms with Gasteiger partial charge < -0.3 is 34.7 Å². The molecule has 0 saturated carbocycles. The first-order chi connectivity index (χ1) is 19.3. The molecule has 4 heterocycles. The monoisotopic (exact) mass is 547 g/mol. The number of carbonyl (C=O) groups excluding carboxylic acids is 3. The van der Waals surface area contributed by atoms with E-state index in [4.69, 9.17) is 14.2 Å². The highest BCUT2D eigenvalue weighted by molar-refractivity contribution is 5.95. The van der Waals surface area contributed by atoms with Crippen LogP contribution in [0.2, 0.25) is 0 Å². The summed E-state index contributed by atoms with van der Waals surface area (Å²) in [6.07, 6.45) is 2.27. The summed E-state index contributed by atoms with van der Waals surface area (Å²) in [5, 5.41) is 5.83. The first kappa shape index (κ1) is 26.7. The quantitative estimate of drug-likeness (QED) is 0.433. The lowest BCUT2D eigenvalue weighted by Crippen LogP contribution is -2.58. The van der Waals surface area contributed by atoms with E-state index in [-0.39, 0.29) is 43.1 Å². The van der Waals surface area contributed by atoms with Gasteiger partial charge in [-0.3, -0.25) is 19.2 Å². The van der Waals surface area contributed by atoms with Gasteiger partial charge >= 0.3 is 0 Å². The second-order valence-corrected chi connectivity index (χ2v) is 9.59. The molecule has 4 bridgehead atoms. The summed E-state index contributed by atoms with van der Waals surface area (Å²) in [5.74, 6) is 0.370. The summed E-state index contributed by atoms with van der Waals surface area (Å²) in [4.78, 5) is 58.3. The Morgan fingerprint density at radius 3 is 2.77 bits per heavy atom. The Balaban J connectivity index is 1.47. The highest BCUT2D eigenvalue weighted by Gasteiger charge is 2.35. The highest BCUT2D eigenvalue weighted by atomic mass is 16.5. The number of hydrogen-bond donors (Lipinski definition) is 3. The molecule has 1 aromatic heterocycles. The Labute approximate surface area is 229 Å². The number of nitrogens with one attached hydrogen (secondary N) is 3. The fourth-order valence-electron chi connectivity index (χ4n) is 4.67. The fraction of sp³-hybridized carbons (Fsp3) is 0.321. The molecule has 3 aliphatic heterocycles. The van der Waals surface area contributed by atoms with E-state index in [0.717, 1.165) is 17.3 Å². The molecule has 12 heteroatoms. The first-order valence-electron chi connectivity index (χ1n) is 12.8. The molecule has 3 amide bonds. The van der Waals surface area contributed by atoms with Crippen LogP contribution in [0.4, 0.5) is 0 Å². The number of amides is 3. The minimum atomic E-state index is -0.580. The molecule has 1 saturated heterocycles. The average Bonchev–Trinajstić information content (AvgIpc) is 2.96. The van der Waals surface area contributed by atoms with Crippen LogP contribution in [0.3, 0.4) is 0 Å². The topological polar surface area (TPSA) is 152 Å². The van der Waals surface area contributed by atoms with Crippen molar-refractivity contribution in [3.05, 3.63) is 81.5 Å². The summed E-state index contributed by atoms with van der Waals surface area (Å²) in [5.41, 5.74) is 1.54. The zero-order valence-corrected chi connectivity index (χ0v) is 22.1. The maximum atomic E-state index is 13.4. The van der Waals surface area contributed by atoms with E-state index in [1.807, 2.05) is 6.92 Å². The second kappa shape index (κ2) is 11.5. The van der Waals surface area contributed by atoms with Gasteiger partial charge in [-0.15, -0.1) is 0 Å². The summed E-state index contributed by atoms with van der Waals surface area (Å²) < 4.78 is 17.6. The standard InChI is InChI=1S/C28H29N5O7/c1-16-3-4-17-9-23(16)39-15-26(35)30-11-18-5-6-19(10-24(18)38-2)40-22-7-8-33(14-21(22)32-27(17)36)28(37)20-12-31-25(34)13-29-20/h3-6,9-10,12-13,21-22H,7-8,11,14-15H2,1-2H3,(H,30,35)(H,31,34)(H,32,36)/t21-,22+/m0/s1. The molecule has 12 nitrogen and oxygen atoms in total. The number of hydrogen-bond acceptors (Lipinski definition) is 8. The lowest BCUT2D eigenvalue weighted by Gasteiger charge is -2.38. The maximum Gasteiger partial charge on any atom is 0.274 e. The lowest BCUT2D eigenvalue weighted by atomic mass is 10.00. The molecule has 0 radical (unpaired) electrons. The zero-order chi connectivity index (χ0) is 28.2. The van der Waals surface area contributed by atoms with Crippen LogP contribution in [0.25, 0.3) is 0 Å². The van der Waals surface area contributed by atoms with Crippen LogP contribution in [0, 0.1) is 6.92 Å². The van der Waals surface area contributed by atoms with Gasteiger partial charge in [0.15, 0.2) is 6.61 Å². The van der Waals surface area contributed by atoms with Crippen LogP contribution in [-0.4, -0.2) is 71.5 Å². The van der Waals surface area contributed by atoms with E-state index in [1.165, 1.54) is 13.3 Å². The SMILES string of the molecule is COc1cc2ccc1CNC(=O)COc1cc(ccc1C)C(=O)N[C@H]1CN(C(=O)c3c[nH]c(=O)cn3)CC[C@H]1O2. The molecule has 2 atom stereocenters. The number of rotatable bonds is 2. The number of aromatic nitrogens is 2. The molecular formula is C28H29N5O7. The van der Waals surface area contributed by atoms with Gasteiger partial charge in [0.2, 0.25) is 0 Å². The number of ether oxygens (including phenoxy) is 3. The predicted octanol–water partition coefficient (Wildman–Crippen LogP) is 1.19. The van der Waals surface area contributed by atoms with Crippen LogP contribution >= 0.6 is 0 Å². The third kappa shape index (κ3) is 5.90. The first-order valence-corrected chi connectivity index (χ1v) is 12.8. The Morgan fingerprint density at radius 2 is 2.00 bits per heavy atom. The number of H-pyrrole nitrogens is 1. The highest BCUT2D eigenvalue weighted by Crippen LogP contribution is 2.28. The largest absolute Gasteiger partial charge is 0.496 e. The van der Waals surface area contributed by atoms with Crippen molar-refractivity contribution in [3.8, 4) is 17.2 Å².